The predicted molar refractivity (Wildman–Crippen MR) is 69.8 cm³/mol. The molecule has 106 valence electrons. The molecule has 0 unspecified atom stereocenters. The lowest BCUT2D eigenvalue weighted by Gasteiger charge is -2.08. The Bertz CT molecular complexity index is 728. The number of rotatable bonds is 5. The number of ether oxygens (including phenoxy) is 1. The monoisotopic (exact) mass is 288 g/mol. The molecule has 0 aliphatic heterocycles. The topological polar surface area (TPSA) is 120 Å². The average molecular weight is 288 g/mol. The number of benzene rings is 1. The number of carbonyl (C=O) groups is 2. The summed E-state index contributed by atoms with van der Waals surface area (Å²) in [5, 5.41) is 19.6. The Morgan fingerprint density at radius 3 is 2.76 bits per heavy atom. The second-order valence-electron chi connectivity index (χ2n) is 3.86. The van der Waals surface area contributed by atoms with E-state index in [2.05, 4.69) is 4.98 Å². The zero-order chi connectivity index (χ0) is 15.4. The lowest BCUT2D eigenvalue weighted by Crippen LogP contribution is -2.02. The number of nitro benzene ring substituents is 1. The molecule has 0 amide bonds. The van der Waals surface area contributed by atoms with Crippen molar-refractivity contribution in [2.45, 2.75) is 0 Å². The Labute approximate surface area is 117 Å². The maximum atomic E-state index is 11.0. The van der Waals surface area contributed by atoms with Gasteiger partial charge in [0.2, 0.25) is 5.88 Å². The number of carboxylic acid groups (broad SMARTS) is 1. The van der Waals surface area contributed by atoms with Crippen LogP contribution in [0.1, 0.15) is 20.7 Å². The number of hydrogen-bond donors (Lipinski definition) is 1. The molecule has 0 radical (unpaired) electrons. The van der Waals surface area contributed by atoms with E-state index in [1.807, 2.05) is 0 Å². The van der Waals surface area contributed by atoms with Crippen LogP contribution in [0.25, 0.3) is 0 Å². The number of nitrogens with zero attached hydrogens (tertiary/aromatic N) is 2. The van der Waals surface area contributed by atoms with Gasteiger partial charge in [0.1, 0.15) is 11.3 Å². The first kappa shape index (κ1) is 14.1. The smallest absolute Gasteiger partial charge is 0.341 e. The zero-order valence-electron chi connectivity index (χ0n) is 10.4. The van der Waals surface area contributed by atoms with E-state index in [0.29, 0.717) is 6.29 Å². The molecule has 2 aromatic rings. The lowest BCUT2D eigenvalue weighted by atomic mass is 10.2. The highest BCUT2D eigenvalue weighted by molar-refractivity contribution is 5.90. The van der Waals surface area contributed by atoms with Gasteiger partial charge in [0.15, 0.2) is 6.29 Å². The molecular formula is C13H8N2O6. The van der Waals surface area contributed by atoms with Crippen LogP contribution in [-0.2, 0) is 0 Å². The summed E-state index contributed by atoms with van der Waals surface area (Å²) >= 11 is 0. The van der Waals surface area contributed by atoms with Gasteiger partial charge in [-0.2, -0.15) is 0 Å². The summed E-state index contributed by atoms with van der Waals surface area (Å²) < 4.78 is 5.28. The molecule has 0 spiro atoms. The molecule has 0 saturated heterocycles. The van der Waals surface area contributed by atoms with E-state index in [4.69, 9.17) is 9.84 Å². The van der Waals surface area contributed by atoms with E-state index in [9.17, 15) is 19.7 Å². The van der Waals surface area contributed by atoms with E-state index >= 15 is 0 Å². The van der Waals surface area contributed by atoms with E-state index < -0.39 is 10.9 Å². The van der Waals surface area contributed by atoms with E-state index in [-0.39, 0.29) is 28.4 Å². The largest absolute Gasteiger partial charge is 0.477 e. The highest BCUT2D eigenvalue weighted by Crippen LogP contribution is 2.28. The number of carboxylic acids is 1. The van der Waals surface area contributed by atoms with Crippen LogP contribution in [0.3, 0.4) is 0 Å². The molecule has 1 N–H and O–H groups in total. The fraction of sp³-hybridized carbons (Fsp3) is 0. The van der Waals surface area contributed by atoms with Crippen molar-refractivity contribution in [1.29, 1.82) is 0 Å². The molecule has 0 fully saturated rings. The van der Waals surface area contributed by atoms with Crippen molar-refractivity contribution >= 4 is 17.9 Å². The molecule has 2 rings (SSSR count). The average Bonchev–Trinajstić information content (AvgIpc) is 2.47. The van der Waals surface area contributed by atoms with Crippen LogP contribution < -0.4 is 4.74 Å². The molecule has 1 aromatic heterocycles. The maximum Gasteiger partial charge on any atom is 0.341 e. The van der Waals surface area contributed by atoms with Crippen LogP contribution in [-0.4, -0.2) is 27.3 Å². The van der Waals surface area contributed by atoms with Crippen LogP contribution in [0, 0.1) is 10.1 Å². The number of hydrogen-bond acceptors (Lipinski definition) is 6. The molecule has 0 bridgehead atoms. The van der Waals surface area contributed by atoms with Crippen molar-refractivity contribution in [3.63, 3.8) is 0 Å². The number of nitro groups is 1. The molecule has 1 heterocycles. The summed E-state index contributed by atoms with van der Waals surface area (Å²) in [4.78, 5) is 35.8. The first-order valence-corrected chi connectivity index (χ1v) is 5.62. The van der Waals surface area contributed by atoms with Crippen LogP contribution in [0.5, 0.6) is 11.6 Å². The number of non-ortho nitro benzene ring substituents is 1. The summed E-state index contributed by atoms with van der Waals surface area (Å²) in [5.41, 5.74) is -0.539. The number of pyridine rings is 1. The van der Waals surface area contributed by atoms with E-state index in [1.165, 1.54) is 24.4 Å². The number of aromatic nitrogens is 1. The fourth-order valence-electron chi connectivity index (χ4n) is 1.57. The number of aldehydes is 1. The van der Waals surface area contributed by atoms with Crippen LogP contribution in [0.2, 0.25) is 0 Å². The van der Waals surface area contributed by atoms with Crippen molar-refractivity contribution < 1.29 is 24.4 Å². The number of aromatic carboxylic acids is 1. The first-order chi connectivity index (χ1) is 10.0. The van der Waals surface area contributed by atoms with Gasteiger partial charge < -0.3 is 9.84 Å². The molecular weight excluding hydrogens is 280 g/mol. The fourth-order valence-corrected chi connectivity index (χ4v) is 1.57. The molecule has 8 nitrogen and oxygen atoms in total. The third-order valence-corrected chi connectivity index (χ3v) is 2.54. The highest BCUT2D eigenvalue weighted by Gasteiger charge is 2.16. The SMILES string of the molecule is O=Cc1cc([N+](=O)[O-])ccc1Oc1ncccc1C(=O)O. The summed E-state index contributed by atoms with van der Waals surface area (Å²) in [7, 11) is 0. The van der Waals surface area contributed by atoms with Crippen LogP contribution in [0.15, 0.2) is 36.5 Å². The second-order valence-corrected chi connectivity index (χ2v) is 3.86. The van der Waals surface area contributed by atoms with Crippen molar-refractivity contribution in [3.8, 4) is 11.6 Å². The number of carbonyl (C=O) groups excluding carboxylic acids is 1. The van der Waals surface area contributed by atoms with Gasteiger partial charge in [-0.1, -0.05) is 0 Å². The van der Waals surface area contributed by atoms with Gasteiger partial charge in [0.25, 0.3) is 5.69 Å². The third kappa shape index (κ3) is 3.00. The van der Waals surface area contributed by atoms with Gasteiger partial charge in [-0.3, -0.25) is 14.9 Å². The van der Waals surface area contributed by atoms with Gasteiger partial charge in [0.05, 0.1) is 10.5 Å². The first-order valence-electron chi connectivity index (χ1n) is 5.62. The molecule has 0 aliphatic rings. The quantitative estimate of drug-likeness (QED) is 0.509. The van der Waals surface area contributed by atoms with Gasteiger partial charge in [0, 0.05) is 18.3 Å². The van der Waals surface area contributed by atoms with E-state index in [1.54, 1.807) is 0 Å². The molecule has 0 saturated carbocycles. The molecule has 21 heavy (non-hydrogen) atoms. The minimum Gasteiger partial charge on any atom is -0.477 e. The van der Waals surface area contributed by atoms with Gasteiger partial charge >= 0.3 is 5.97 Å². The summed E-state index contributed by atoms with van der Waals surface area (Å²) in [6.45, 7) is 0. The molecule has 8 heteroatoms. The van der Waals surface area contributed by atoms with Crippen molar-refractivity contribution in [2.24, 2.45) is 0 Å². The summed E-state index contributed by atoms with van der Waals surface area (Å²) in [5.74, 6) is -1.47. The van der Waals surface area contributed by atoms with Crippen molar-refractivity contribution in [3.05, 3.63) is 57.8 Å². The van der Waals surface area contributed by atoms with E-state index in [0.717, 1.165) is 12.1 Å². The Hall–Kier alpha value is -3.29. The van der Waals surface area contributed by atoms with Crippen LogP contribution in [0.4, 0.5) is 5.69 Å². The molecule has 1 aromatic carbocycles. The molecule has 0 atom stereocenters. The Morgan fingerprint density at radius 1 is 1.38 bits per heavy atom. The van der Waals surface area contributed by atoms with Gasteiger partial charge in [-0.05, 0) is 18.2 Å². The third-order valence-electron chi connectivity index (χ3n) is 2.54. The Kier molecular flexibility index (Phi) is 3.89. The van der Waals surface area contributed by atoms with Gasteiger partial charge in [-0.15, -0.1) is 0 Å². The normalized spacial score (nSPS) is 9.90. The summed E-state index contributed by atoms with van der Waals surface area (Å²) in [6, 6.07) is 6.10. The lowest BCUT2D eigenvalue weighted by molar-refractivity contribution is -0.384. The second kappa shape index (κ2) is 5.78. The summed E-state index contributed by atoms with van der Waals surface area (Å²) in [6.07, 6.45) is 1.71. The molecule has 0 aliphatic carbocycles. The van der Waals surface area contributed by atoms with Crippen molar-refractivity contribution in [1.82, 2.24) is 4.98 Å². The highest BCUT2D eigenvalue weighted by atomic mass is 16.6. The zero-order valence-corrected chi connectivity index (χ0v) is 10.4. The standard InChI is InChI=1S/C13H8N2O6/c16-7-8-6-9(15(19)20)3-4-11(8)21-12-10(13(17)18)2-1-5-14-12/h1-7H,(H,17,18). The Balaban J connectivity index is 2.43. The Morgan fingerprint density at radius 2 is 2.14 bits per heavy atom. The van der Waals surface area contributed by atoms with Gasteiger partial charge in [-0.25, -0.2) is 9.78 Å². The minimum atomic E-state index is -1.24. The van der Waals surface area contributed by atoms with Crippen molar-refractivity contribution in [2.75, 3.05) is 0 Å². The predicted octanol–water partition coefficient (Wildman–Crippen LogP) is 2.29. The minimum absolute atomic E-state index is 0.0169. The maximum absolute atomic E-state index is 11.0. The van der Waals surface area contributed by atoms with Crippen LogP contribution >= 0.6 is 0 Å².